The summed E-state index contributed by atoms with van der Waals surface area (Å²) in [6.07, 6.45) is 0. The van der Waals surface area contributed by atoms with Gasteiger partial charge in [0.05, 0.1) is 5.02 Å². The molecular formula is C17H19ClN2O. The van der Waals surface area contributed by atoms with Crippen LogP contribution in [0.3, 0.4) is 0 Å². The lowest BCUT2D eigenvalue weighted by molar-refractivity contribution is 0.447. The quantitative estimate of drug-likeness (QED) is 0.672. The zero-order chi connectivity index (χ0) is 15.6. The van der Waals surface area contributed by atoms with Crippen molar-refractivity contribution in [3.63, 3.8) is 0 Å². The molecule has 21 heavy (non-hydrogen) atoms. The van der Waals surface area contributed by atoms with Gasteiger partial charge >= 0.3 is 0 Å². The summed E-state index contributed by atoms with van der Waals surface area (Å²) >= 11 is 6.05. The summed E-state index contributed by atoms with van der Waals surface area (Å²) < 4.78 is 0. The van der Waals surface area contributed by atoms with Gasteiger partial charge in [-0.1, -0.05) is 50.6 Å². The van der Waals surface area contributed by atoms with Crippen LogP contribution < -0.4 is 0 Å². The Morgan fingerprint density at radius 1 is 1.00 bits per heavy atom. The molecule has 3 nitrogen and oxygen atoms in total. The maximum atomic E-state index is 10.4. The van der Waals surface area contributed by atoms with E-state index in [1.54, 1.807) is 12.1 Å². The van der Waals surface area contributed by atoms with Gasteiger partial charge in [-0.05, 0) is 36.1 Å². The normalized spacial score (nSPS) is 12.0. The molecule has 0 saturated carbocycles. The Morgan fingerprint density at radius 3 is 2.24 bits per heavy atom. The van der Waals surface area contributed by atoms with Crippen LogP contribution in [0.4, 0.5) is 11.4 Å². The monoisotopic (exact) mass is 302 g/mol. The summed E-state index contributed by atoms with van der Waals surface area (Å²) in [5.41, 5.74) is 2.77. The number of phenolic OH excluding ortho intramolecular Hbond substituents is 1. The van der Waals surface area contributed by atoms with E-state index in [1.165, 1.54) is 0 Å². The lowest BCUT2D eigenvalue weighted by atomic mass is 9.85. The highest BCUT2D eigenvalue weighted by Gasteiger charge is 2.20. The van der Waals surface area contributed by atoms with E-state index in [9.17, 15) is 5.11 Å². The van der Waals surface area contributed by atoms with Crippen molar-refractivity contribution in [2.24, 2.45) is 10.2 Å². The van der Waals surface area contributed by atoms with Gasteiger partial charge in [-0.2, -0.15) is 0 Å². The first kappa shape index (κ1) is 15.5. The lowest BCUT2D eigenvalue weighted by Gasteiger charge is -2.21. The first-order valence-electron chi connectivity index (χ1n) is 6.79. The van der Waals surface area contributed by atoms with Gasteiger partial charge in [0, 0.05) is 5.56 Å². The third-order valence-corrected chi connectivity index (χ3v) is 3.48. The molecule has 0 saturated heterocycles. The number of aryl methyl sites for hydroxylation is 1. The number of halogens is 1. The number of hydrogen-bond acceptors (Lipinski definition) is 3. The average molecular weight is 303 g/mol. The second-order valence-electron chi connectivity index (χ2n) is 6.08. The number of aromatic hydroxyl groups is 1. The standard InChI is InChI=1S/C17H19ClN2O/c1-11-9-12(17(2,3)4)16(21)15(10-11)20-19-14-8-6-5-7-13(14)18/h5-10,21H,1-4H3. The number of hydrogen-bond donors (Lipinski definition) is 1. The largest absolute Gasteiger partial charge is 0.505 e. The number of phenols is 1. The second-order valence-corrected chi connectivity index (χ2v) is 6.49. The fourth-order valence-electron chi connectivity index (χ4n) is 2.05. The number of benzene rings is 2. The number of azo groups is 1. The molecule has 2 aromatic rings. The first-order valence-corrected chi connectivity index (χ1v) is 7.17. The van der Waals surface area contributed by atoms with Crippen molar-refractivity contribution in [2.75, 3.05) is 0 Å². The predicted octanol–water partition coefficient (Wildman–Crippen LogP) is 6.07. The molecule has 2 rings (SSSR count). The molecule has 0 unspecified atom stereocenters. The van der Waals surface area contributed by atoms with Crippen LogP contribution >= 0.6 is 11.6 Å². The van der Waals surface area contributed by atoms with E-state index in [4.69, 9.17) is 11.6 Å². The molecule has 0 aliphatic heterocycles. The molecule has 0 radical (unpaired) electrons. The molecule has 2 aromatic carbocycles. The summed E-state index contributed by atoms with van der Waals surface area (Å²) in [7, 11) is 0. The Kier molecular flexibility index (Phi) is 4.33. The van der Waals surface area contributed by atoms with Gasteiger partial charge in [0.15, 0.2) is 0 Å². The van der Waals surface area contributed by atoms with Gasteiger partial charge in [-0.25, -0.2) is 0 Å². The molecule has 1 N–H and O–H groups in total. The average Bonchev–Trinajstić information content (AvgIpc) is 2.39. The molecule has 0 fully saturated rings. The zero-order valence-corrected chi connectivity index (χ0v) is 13.4. The van der Waals surface area contributed by atoms with Gasteiger partial charge in [-0.15, -0.1) is 10.2 Å². The highest BCUT2D eigenvalue weighted by atomic mass is 35.5. The van der Waals surface area contributed by atoms with Gasteiger partial charge in [0.25, 0.3) is 0 Å². The van der Waals surface area contributed by atoms with E-state index in [0.29, 0.717) is 16.4 Å². The molecule has 0 aromatic heterocycles. The van der Waals surface area contributed by atoms with E-state index in [0.717, 1.165) is 11.1 Å². The maximum Gasteiger partial charge on any atom is 0.146 e. The van der Waals surface area contributed by atoms with Crippen LogP contribution in [-0.4, -0.2) is 5.11 Å². The SMILES string of the molecule is Cc1cc(N=Nc2ccccc2Cl)c(O)c(C(C)(C)C)c1. The highest BCUT2D eigenvalue weighted by molar-refractivity contribution is 6.32. The predicted molar refractivity (Wildman–Crippen MR) is 87.2 cm³/mol. The van der Waals surface area contributed by atoms with Crippen LogP contribution in [0.1, 0.15) is 31.9 Å². The summed E-state index contributed by atoms with van der Waals surface area (Å²) in [5.74, 6) is 0.170. The Balaban J connectivity index is 2.46. The summed E-state index contributed by atoms with van der Waals surface area (Å²) in [6, 6.07) is 11.0. The van der Waals surface area contributed by atoms with E-state index in [2.05, 4.69) is 31.0 Å². The topological polar surface area (TPSA) is 45.0 Å². The molecule has 0 aliphatic carbocycles. The Hall–Kier alpha value is -1.87. The van der Waals surface area contributed by atoms with Crippen molar-refractivity contribution in [3.8, 4) is 5.75 Å². The van der Waals surface area contributed by atoms with Crippen LogP contribution in [0.15, 0.2) is 46.6 Å². The van der Waals surface area contributed by atoms with Crippen LogP contribution in [0.2, 0.25) is 5.02 Å². The van der Waals surface area contributed by atoms with Crippen molar-refractivity contribution in [1.29, 1.82) is 0 Å². The lowest BCUT2D eigenvalue weighted by Crippen LogP contribution is -2.11. The number of nitrogens with zero attached hydrogens (tertiary/aromatic N) is 2. The fraction of sp³-hybridized carbons (Fsp3) is 0.294. The molecule has 110 valence electrons. The van der Waals surface area contributed by atoms with Crippen LogP contribution in [-0.2, 0) is 5.41 Å². The van der Waals surface area contributed by atoms with Gasteiger partial charge in [0.1, 0.15) is 17.1 Å². The van der Waals surface area contributed by atoms with Crippen molar-refractivity contribution < 1.29 is 5.11 Å². The Labute approximate surface area is 130 Å². The molecule has 0 atom stereocenters. The minimum atomic E-state index is -0.162. The van der Waals surface area contributed by atoms with Crippen molar-refractivity contribution in [3.05, 3.63) is 52.5 Å². The molecule has 4 heteroatoms. The number of rotatable bonds is 2. The van der Waals surface area contributed by atoms with E-state index >= 15 is 0 Å². The summed E-state index contributed by atoms with van der Waals surface area (Å²) in [4.78, 5) is 0. The molecule has 0 amide bonds. The molecule has 0 bridgehead atoms. The third-order valence-electron chi connectivity index (χ3n) is 3.16. The van der Waals surface area contributed by atoms with Crippen LogP contribution in [0.5, 0.6) is 5.75 Å². The zero-order valence-electron chi connectivity index (χ0n) is 12.7. The van der Waals surface area contributed by atoms with Gasteiger partial charge in [0.2, 0.25) is 0 Å². The molecule has 0 aliphatic rings. The third kappa shape index (κ3) is 3.61. The van der Waals surface area contributed by atoms with Gasteiger partial charge < -0.3 is 5.11 Å². The minimum absolute atomic E-state index is 0.162. The van der Waals surface area contributed by atoms with E-state index in [1.807, 2.05) is 31.2 Å². The van der Waals surface area contributed by atoms with Gasteiger partial charge in [-0.3, -0.25) is 0 Å². The van der Waals surface area contributed by atoms with Crippen LogP contribution in [0.25, 0.3) is 0 Å². The minimum Gasteiger partial charge on any atom is -0.505 e. The molecule has 0 spiro atoms. The van der Waals surface area contributed by atoms with E-state index < -0.39 is 0 Å². The Morgan fingerprint density at radius 2 is 1.62 bits per heavy atom. The highest BCUT2D eigenvalue weighted by Crippen LogP contribution is 2.39. The van der Waals surface area contributed by atoms with Crippen molar-refractivity contribution >= 4 is 23.0 Å². The Bertz CT molecular complexity index is 688. The van der Waals surface area contributed by atoms with E-state index in [-0.39, 0.29) is 11.2 Å². The first-order chi connectivity index (χ1) is 9.79. The smallest absolute Gasteiger partial charge is 0.146 e. The summed E-state index contributed by atoms with van der Waals surface area (Å²) in [5, 5.41) is 19.2. The molecular weight excluding hydrogens is 284 g/mol. The van der Waals surface area contributed by atoms with Crippen LogP contribution in [0, 0.1) is 6.92 Å². The fourth-order valence-corrected chi connectivity index (χ4v) is 2.22. The van der Waals surface area contributed by atoms with Crippen molar-refractivity contribution in [2.45, 2.75) is 33.1 Å². The maximum absolute atomic E-state index is 10.4. The second kappa shape index (κ2) is 5.86. The molecule has 0 heterocycles. The van der Waals surface area contributed by atoms with Crippen molar-refractivity contribution in [1.82, 2.24) is 0 Å². The summed E-state index contributed by atoms with van der Waals surface area (Å²) in [6.45, 7) is 8.13.